The molecule has 20 heavy (non-hydrogen) atoms. The molecule has 0 aliphatic heterocycles. The molecule has 0 spiro atoms. The average Bonchev–Trinajstić information content (AvgIpc) is 2.23. The van der Waals surface area contributed by atoms with Crippen LogP contribution in [0.3, 0.4) is 0 Å². The van der Waals surface area contributed by atoms with Gasteiger partial charge in [0.15, 0.2) is 6.61 Å². The van der Waals surface area contributed by atoms with Gasteiger partial charge in [-0.15, -0.1) is 0 Å². The van der Waals surface area contributed by atoms with Crippen molar-refractivity contribution in [3.05, 3.63) is 24.0 Å². The monoisotopic (exact) mass is 304 g/mol. The molecule has 112 valence electrons. The Morgan fingerprint density at radius 1 is 1.40 bits per heavy atom. The number of hydrogen-bond acceptors (Lipinski definition) is 4. The average molecular weight is 304 g/mol. The molecule has 1 aromatic rings. The molecule has 1 rings (SSSR count). The Morgan fingerprint density at radius 2 is 2.00 bits per heavy atom. The molecule has 0 atom stereocenters. The second-order valence-electron chi connectivity index (χ2n) is 5.22. The summed E-state index contributed by atoms with van der Waals surface area (Å²) < 4.78 is 40.8. The van der Waals surface area contributed by atoms with Crippen LogP contribution in [0.5, 0.6) is 5.75 Å². The molecule has 0 radical (unpaired) electrons. The molecule has 0 saturated heterocycles. The van der Waals surface area contributed by atoms with Gasteiger partial charge in [0, 0.05) is 5.54 Å². The van der Waals surface area contributed by atoms with Crippen molar-refractivity contribution in [2.75, 3.05) is 6.61 Å². The van der Waals surface area contributed by atoms with Gasteiger partial charge in [0.2, 0.25) is 10.0 Å². The first-order chi connectivity index (χ1) is 8.99. The molecule has 0 heterocycles. The van der Waals surface area contributed by atoms with Crippen LogP contribution in [0.1, 0.15) is 20.8 Å². The molecule has 3 N–H and O–H groups in total. The summed E-state index contributed by atoms with van der Waals surface area (Å²) in [5, 5.41) is 7.60. The van der Waals surface area contributed by atoms with Gasteiger partial charge in [-0.3, -0.25) is 4.79 Å². The zero-order valence-electron chi connectivity index (χ0n) is 11.4. The fourth-order valence-electron chi connectivity index (χ4n) is 1.42. The van der Waals surface area contributed by atoms with Gasteiger partial charge >= 0.3 is 0 Å². The van der Waals surface area contributed by atoms with Crippen LogP contribution in [0.15, 0.2) is 23.1 Å². The molecule has 0 aromatic heterocycles. The smallest absolute Gasteiger partial charge is 0.258 e. The van der Waals surface area contributed by atoms with Crippen LogP contribution in [0.4, 0.5) is 4.39 Å². The third-order valence-corrected chi connectivity index (χ3v) is 3.02. The summed E-state index contributed by atoms with van der Waals surface area (Å²) in [6.45, 7) is 4.97. The van der Waals surface area contributed by atoms with E-state index < -0.39 is 38.8 Å². The van der Waals surface area contributed by atoms with E-state index in [2.05, 4.69) is 5.32 Å². The summed E-state index contributed by atoms with van der Waals surface area (Å²) in [6.07, 6.45) is 0. The Balaban J connectivity index is 2.87. The molecule has 0 saturated carbocycles. The van der Waals surface area contributed by atoms with Gasteiger partial charge in [-0.25, -0.2) is 17.9 Å². The predicted octanol–water partition coefficient (Wildman–Crippen LogP) is 0.767. The first kappa shape index (κ1) is 16.4. The van der Waals surface area contributed by atoms with Crippen molar-refractivity contribution in [1.29, 1.82) is 0 Å². The van der Waals surface area contributed by atoms with Crippen LogP contribution in [0.25, 0.3) is 0 Å². The second-order valence-corrected chi connectivity index (χ2v) is 6.75. The standard InChI is InChI=1S/C12H17FN2O4S/c1-12(2,3)15-11(16)7-19-9-5-4-8(13)6-10(9)20(14,17)18/h4-6H,7H2,1-3H3,(H,15,16)(H2,14,17,18). The normalized spacial score (nSPS) is 12.1. The highest BCUT2D eigenvalue weighted by molar-refractivity contribution is 7.89. The van der Waals surface area contributed by atoms with Gasteiger partial charge in [0.1, 0.15) is 16.5 Å². The number of benzene rings is 1. The number of primary sulfonamides is 1. The summed E-state index contributed by atoms with van der Waals surface area (Å²) >= 11 is 0. The van der Waals surface area contributed by atoms with E-state index in [0.29, 0.717) is 0 Å². The first-order valence-corrected chi connectivity index (χ1v) is 7.30. The molecule has 0 aliphatic rings. The van der Waals surface area contributed by atoms with E-state index in [1.54, 1.807) is 20.8 Å². The second kappa shape index (κ2) is 5.76. The van der Waals surface area contributed by atoms with Crippen LogP contribution in [-0.4, -0.2) is 26.5 Å². The summed E-state index contributed by atoms with van der Waals surface area (Å²) in [5.41, 5.74) is -0.438. The van der Waals surface area contributed by atoms with Crippen LogP contribution in [0, 0.1) is 5.82 Å². The largest absolute Gasteiger partial charge is 0.482 e. The minimum Gasteiger partial charge on any atom is -0.482 e. The predicted molar refractivity (Wildman–Crippen MR) is 71.2 cm³/mol. The van der Waals surface area contributed by atoms with Gasteiger partial charge in [-0.1, -0.05) is 0 Å². The topological polar surface area (TPSA) is 98.5 Å². The number of nitrogens with one attached hydrogen (secondary N) is 1. The number of amides is 1. The molecule has 0 aliphatic carbocycles. The van der Waals surface area contributed by atoms with Gasteiger partial charge < -0.3 is 10.1 Å². The highest BCUT2D eigenvalue weighted by Crippen LogP contribution is 2.23. The van der Waals surface area contributed by atoms with Crippen LogP contribution >= 0.6 is 0 Å². The van der Waals surface area contributed by atoms with E-state index >= 15 is 0 Å². The Bertz CT molecular complexity index is 608. The number of rotatable bonds is 4. The van der Waals surface area contributed by atoms with Crippen LogP contribution in [0.2, 0.25) is 0 Å². The molecule has 8 heteroatoms. The van der Waals surface area contributed by atoms with E-state index in [1.165, 1.54) is 0 Å². The minimum atomic E-state index is -4.14. The first-order valence-electron chi connectivity index (χ1n) is 5.75. The number of hydrogen-bond donors (Lipinski definition) is 2. The quantitative estimate of drug-likeness (QED) is 0.858. The number of carbonyl (C=O) groups is 1. The zero-order valence-corrected chi connectivity index (χ0v) is 12.3. The minimum absolute atomic E-state index is 0.169. The van der Waals surface area contributed by atoms with Gasteiger partial charge in [-0.2, -0.15) is 0 Å². The lowest BCUT2D eigenvalue weighted by atomic mass is 10.1. The Morgan fingerprint density at radius 3 is 2.50 bits per heavy atom. The van der Waals surface area contributed by atoms with E-state index in [4.69, 9.17) is 9.88 Å². The molecule has 6 nitrogen and oxygen atoms in total. The molecular weight excluding hydrogens is 287 g/mol. The Hall–Kier alpha value is -1.67. The summed E-state index contributed by atoms with van der Waals surface area (Å²) in [5.74, 6) is -1.36. The maximum Gasteiger partial charge on any atom is 0.258 e. The van der Waals surface area contributed by atoms with Crippen molar-refractivity contribution in [1.82, 2.24) is 5.32 Å². The Labute approximate surface area is 117 Å². The highest BCUT2D eigenvalue weighted by Gasteiger charge is 2.18. The molecule has 1 amide bonds. The van der Waals surface area contributed by atoms with E-state index in [0.717, 1.165) is 18.2 Å². The molecule has 0 unspecified atom stereocenters. The summed E-state index contributed by atoms with van der Waals surface area (Å²) in [7, 11) is -4.14. The fourth-order valence-corrected chi connectivity index (χ4v) is 2.11. The highest BCUT2D eigenvalue weighted by atomic mass is 32.2. The molecular formula is C12H17FN2O4S. The lowest BCUT2D eigenvalue weighted by Crippen LogP contribution is -2.43. The third-order valence-electron chi connectivity index (χ3n) is 2.09. The number of sulfonamides is 1. The van der Waals surface area contributed by atoms with E-state index in [-0.39, 0.29) is 5.75 Å². The van der Waals surface area contributed by atoms with Crippen molar-refractivity contribution >= 4 is 15.9 Å². The maximum absolute atomic E-state index is 13.0. The van der Waals surface area contributed by atoms with E-state index in [9.17, 15) is 17.6 Å². The van der Waals surface area contributed by atoms with Gasteiger partial charge in [0.25, 0.3) is 5.91 Å². The van der Waals surface area contributed by atoms with Crippen molar-refractivity contribution < 1.29 is 22.3 Å². The number of halogens is 1. The summed E-state index contributed by atoms with van der Waals surface area (Å²) in [6, 6.07) is 2.87. The molecule has 0 bridgehead atoms. The lowest BCUT2D eigenvalue weighted by molar-refractivity contribution is -0.124. The third kappa shape index (κ3) is 5.14. The fraction of sp³-hybridized carbons (Fsp3) is 0.417. The summed E-state index contributed by atoms with van der Waals surface area (Å²) in [4.78, 5) is 11.1. The maximum atomic E-state index is 13.0. The lowest BCUT2D eigenvalue weighted by Gasteiger charge is -2.20. The van der Waals surface area contributed by atoms with E-state index in [1.807, 2.05) is 0 Å². The zero-order chi connectivity index (χ0) is 15.6. The van der Waals surface area contributed by atoms with Crippen LogP contribution < -0.4 is 15.2 Å². The molecule has 1 aromatic carbocycles. The van der Waals surface area contributed by atoms with Crippen molar-refractivity contribution in [2.45, 2.75) is 31.2 Å². The molecule has 0 fully saturated rings. The van der Waals surface area contributed by atoms with Crippen LogP contribution in [-0.2, 0) is 14.8 Å². The number of ether oxygens (including phenoxy) is 1. The van der Waals surface area contributed by atoms with Crippen molar-refractivity contribution in [3.8, 4) is 5.75 Å². The number of carbonyl (C=O) groups excluding carboxylic acids is 1. The Kier molecular flexibility index (Phi) is 4.72. The van der Waals surface area contributed by atoms with Gasteiger partial charge in [-0.05, 0) is 39.0 Å². The van der Waals surface area contributed by atoms with Crippen molar-refractivity contribution in [2.24, 2.45) is 5.14 Å². The van der Waals surface area contributed by atoms with Crippen molar-refractivity contribution in [3.63, 3.8) is 0 Å². The number of nitrogens with two attached hydrogens (primary N) is 1. The SMILES string of the molecule is CC(C)(C)NC(=O)COc1ccc(F)cc1S(N)(=O)=O. The van der Waals surface area contributed by atoms with Gasteiger partial charge in [0.05, 0.1) is 0 Å².